The zero-order valence-corrected chi connectivity index (χ0v) is 16.5. The average Bonchev–Trinajstić information content (AvgIpc) is 3.36. The molecule has 0 saturated carbocycles. The molecule has 0 spiro atoms. The van der Waals surface area contributed by atoms with Gasteiger partial charge in [-0.1, -0.05) is 6.92 Å². The monoisotopic (exact) mass is 383 g/mol. The lowest BCUT2D eigenvalue weighted by atomic mass is 10.2. The van der Waals surface area contributed by atoms with Crippen LogP contribution < -0.4 is 10.2 Å². The Kier molecular flexibility index (Phi) is 4.78. The van der Waals surface area contributed by atoms with E-state index in [1.807, 2.05) is 30.5 Å². The summed E-state index contributed by atoms with van der Waals surface area (Å²) in [4.78, 5) is 20.3. The summed E-state index contributed by atoms with van der Waals surface area (Å²) in [5.41, 5.74) is 3.89. The van der Waals surface area contributed by atoms with Crippen molar-refractivity contribution in [3.8, 4) is 10.6 Å². The molecule has 0 aliphatic carbocycles. The Morgan fingerprint density at radius 3 is 2.73 bits per heavy atom. The van der Waals surface area contributed by atoms with Gasteiger partial charge in [0, 0.05) is 35.4 Å². The summed E-state index contributed by atoms with van der Waals surface area (Å²) in [5, 5.41) is 7.97. The number of hydrogen-bond donors (Lipinski definition) is 1. The molecule has 0 radical (unpaired) electrons. The molecule has 0 bridgehead atoms. The topological polar surface area (TPSA) is 45.2 Å². The maximum Gasteiger partial charge on any atom is 0.267 e. The highest BCUT2D eigenvalue weighted by Crippen LogP contribution is 2.30. The first-order chi connectivity index (χ1) is 12.6. The van der Waals surface area contributed by atoms with E-state index in [-0.39, 0.29) is 5.91 Å². The Balaban J connectivity index is 1.46. The zero-order valence-electron chi connectivity index (χ0n) is 14.9. The highest BCUT2D eigenvalue weighted by atomic mass is 32.1. The van der Waals surface area contributed by atoms with E-state index in [2.05, 4.69) is 39.6 Å². The van der Waals surface area contributed by atoms with Crippen LogP contribution in [0.4, 0.5) is 11.4 Å². The van der Waals surface area contributed by atoms with Gasteiger partial charge in [-0.2, -0.15) is 11.3 Å². The predicted octanol–water partition coefficient (Wildman–Crippen LogP) is 5.28. The van der Waals surface area contributed by atoms with E-state index in [9.17, 15) is 4.79 Å². The van der Waals surface area contributed by atoms with Crippen LogP contribution in [0.1, 0.15) is 28.7 Å². The minimum atomic E-state index is -0.0935. The number of thiophene rings is 1. The van der Waals surface area contributed by atoms with Crippen molar-refractivity contribution in [2.24, 2.45) is 5.92 Å². The van der Waals surface area contributed by atoms with Gasteiger partial charge in [-0.05, 0) is 55.0 Å². The number of hydrogen-bond acceptors (Lipinski definition) is 5. The lowest BCUT2D eigenvalue weighted by Crippen LogP contribution is -2.19. The molecule has 4 nitrogen and oxygen atoms in total. The molecule has 1 atom stereocenters. The molecular formula is C20H21N3OS2. The van der Waals surface area contributed by atoms with E-state index in [0.29, 0.717) is 4.88 Å². The summed E-state index contributed by atoms with van der Waals surface area (Å²) < 4.78 is 0. The van der Waals surface area contributed by atoms with Gasteiger partial charge in [-0.15, -0.1) is 11.3 Å². The van der Waals surface area contributed by atoms with Crippen LogP contribution in [0.15, 0.2) is 41.1 Å². The molecule has 1 N–H and O–H groups in total. The van der Waals surface area contributed by atoms with Crippen LogP contribution in [0.5, 0.6) is 0 Å². The first kappa shape index (κ1) is 17.2. The second-order valence-corrected chi connectivity index (χ2v) is 8.57. The van der Waals surface area contributed by atoms with Crippen molar-refractivity contribution in [1.29, 1.82) is 0 Å². The smallest absolute Gasteiger partial charge is 0.267 e. The average molecular weight is 384 g/mol. The van der Waals surface area contributed by atoms with Crippen molar-refractivity contribution in [1.82, 2.24) is 4.98 Å². The van der Waals surface area contributed by atoms with E-state index >= 15 is 0 Å². The normalized spacial score (nSPS) is 16.8. The number of rotatable bonds is 4. The van der Waals surface area contributed by atoms with E-state index in [1.54, 1.807) is 11.3 Å². The molecular weight excluding hydrogens is 362 g/mol. The highest BCUT2D eigenvalue weighted by Gasteiger charge is 2.19. The Morgan fingerprint density at radius 1 is 1.27 bits per heavy atom. The minimum Gasteiger partial charge on any atom is -0.371 e. The molecule has 1 unspecified atom stereocenters. The van der Waals surface area contributed by atoms with Gasteiger partial charge in [-0.3, -0.25) is 4.79 Å². The fourth-order valence-corrected chi connectivity index (χ4v) is 4.90. The summed E-state index contributed by atoms with van der Waals surface area (Å²) in [6.07, 6.45) is 1.25. The van der Waals surface area contributed by atoms with Gasteiger partial charge in [0.2, 0.25) is 0 Å². The van der Waals surface area contributed by atoms with E-state index in [1.165, 1.54) is 23.4 Å². The summed E-state index contributed by atoms with van der Waals surface area (Å²) in [5.74, 6) is 0.658. The molecule has 1 amide bonds. The molecule has 134 valence electrons. The number of aromatic nitrogens is 1. The van der Waals surface area contributed by atoms with E-state index in [4.69, 9.17) is 0 Å². The van der Waals surface area contributed by atoms with Crippen molar-refractivity contribution in [2.75, 3.05) is 23.3 Å². The molecule has 1 aliphatic heterocycles. The first-order valence-corrected chi connectivity index (χ1v) is 10.5. The molecule has 1 saturated heterocycles. The van der Waals surface area contributed by atoms with Gasteiger partial charge in [-0.25, -0.2) is 4.98 Å². The molecule has 1 aromatic carbocycles. The van der Waals surface area contributed by atoms with Crippen molar-refractivity contribution >= 4 is 40.0 Å². The van der Waals surface area contributed by atoms with Crippen molar-refractivity contribution in [2.45, 2.75) is 20.3 Å². The lowest BCUT2D eigenvalue weighted by molar-refractivity contribution is 0.103. The van der Waals surface area contributed by atoms with E-state index in [0.717, 1.165) is 41.0 Å². The number of carbonyl (C=O) groups is 1. The van der Waals surface area contributed by atoms with Crippen LogP contribution in [0.25, 0.3) is 10.6 Å². The second kappa shape index (κ2) is 7.21. The Labute approximate surface area is 161 Å². The summed E-state index contributed by atoms with van der Waals surface area (Å²) >= 11 is 3.08. The van der Waals surface area contributed by atoms with Gasteiger partial charge in [0.1, 0.15) is 9.88 Å². The standard InChI is InChI=1S/C20H21N3OS2/c1-13-7-9-23(11-13)17-5-3-16(4-6-17)22-19(24)18-14(2)21-20(26-18)15-8-10-25-12-15/h3-6,8,10,12-13H,7,9,11H2,1-2H3,(H,22,24). The first-order valence-electron chi connectivity index (χ1n) is 8.76. The fraction of sp³-hybridized carbons (Fsp3) is 0.300. The SMILES string of the molecule is Cc1nc(-c2ccsc2)sc1C(=O)Nc1ccc(N2CCC(C)C2)cc1. The predicted molar refractivity (Wildman–Crippen MR) is 111 cm³/mol. The van der Waals surface area contributed by atoms with Gasteiger partial charge in [0.05, 0.1) is 5.69 Å². The molecule has 4 rings (SSSR count). The fourth-order valence-electron chi connectivity index (χ4n) is 3.23. The number of carbonyl (C=O) groups excluding carboxylic acids is 1. The summed E-state index contributed by atoms with van der Waals surface area (Å²) in [6, 6.07) is 10.2. The number of anilines is 2. The third-order valence-corrected chi connectivity index (χ3v) is 6.57. The van der Waals surface area contributed by atoms with Gasteiger partial charge >= 0.3 is 0 Å². The maximum atomic E-state index is 12.7. The number of thiazole rings is 1. The van der Waals surface area contributed by atoms with Crippen molar-refractivity contribution < 1.29 is 4.79 Å². The van der Waals surface area contributed by atoms with Crippen LogP contribution in [0.3, 0.4) is 0 Å². The van der Waals surface area contributed by atoms with Crippen LogP contribution in [0, 0.1) is 12.8 Å². The second-order valence-electron chi connectivity index (χ2n) is 6.79. The Morgan fingerprint density at radius 2 is 2.08 bits per heavy atom. The molecule has 3 aromatic rings. The highest BCUT2D eigenvalue weighted by molar-refractivity contribution is 7.17. The number of benzene rings is 1. The largest absolute Gasteiger partial charge is 0.371 e. The molecule has 3 heterocycles. The third-order valence-electron chi connectivity index (χ3n) is 4.69. The number of aryl methyl sites for hydroxylation is 1. The molecule has 2 aromatic heterocycles. The number of amides is 1. The number of nitrogens with one attached hydrogen (secondary N) is 1. The summed E-state index contributed by atoms with van der Waals surface area (Å²) in [6.45, 7) is 6.39. The van der Waals surface area contributed by atoms with Gasteiger partial charge < -0.3 is 10.2 Å². The van der Waals surface area contributed by atoms with Gasteiger partial charge in [0.25, 0.3) is 5.91 Å². The van der Waals surface area contributed by atoms with Crippen LogP contribution >= 0.6 is 22.7 Å². The molecule has 6 heteroatoms. The van der Waals surface area contributed by atoms with E-state index < -0.39 is 0 Å². The molecule has 26 heavy (non-hydrogen) atoms. The lowest BCUT2D eigenvalue weighted by Gasteiger charge is -2.18. The Bertz CT molecular complexity index is 900. The van der Waals surface area contributed by atoms with Crippen molar-refractivity contribution in [3.05, 3.63) is 51.7 Å². The van der Waals surface area contributed by atoms with Crippen molar-refractivity contribution in [3.63, 3.8) is 0 Å². The molecule has 1 aliphatic rings. The van der Waals surface area contributed by atoms with Crippen LogP contribution in [0.2, 0.25) is 0 Å². The minimum absolute atomic E-state index is 0.0935. The molecule has 1 fully saturated rings. The number of nitrogens with zero attached hydrogens (tertiary/aromatic N) is 2. The van der Waals surface area contributed by atoms with Crippen LogP contribution in [-0.4, -0.2) is 24.0 Å². The van der Waals surface area contributed by atoms with Crippen LogP contribution in [-0.2, 0) is 0 Å². The quantitative estimate of drug-likeness (QED) is 0.667. The zero-order chi connectivity index (χ0) is 18.1. The van der Waals surface area contributed by atoms with Gasteiger partial charge in [0.15, 0.2) is 0 Å². The Hall–Kier alpha value is -2.18. The summed E-state index contributed by atoms with van der Waals surface area (Å²) in [7, 11) is 0. The maximum absolute atomic E-state index is 12.7. The third kappa shape index (κ3) is 3.52.